The van der Waals surface area contributed by atoms with Crippen molar-refractivity contribution in [3.8, 4) is 11.4 Å². The molecule has 1 saturated carbocycles. The van der Waals surface area contributed by atoms with Gasteiger partial charge in [-0.2, -0.15) is 0 Å². The molecule has 1 amide bonds. The van der Waals surface area contributed by atoms with E-state index in [1.165, 1.54) is 12.1 Å². The van der Waals surface area contributed by atoms with Gasteiger partial charge >= 0.3 is 0 Å². The highest BCUT2D eigenvalue weighted by atomic mass is 32.2. The molecule has 1 aliphatic rings. The topological polar surface area (TPSA) is 104 Å². The number of hydrogen-bond acceptors (Lipinski definition) is 4. The highest BCUT2D eigenvalue weighted by Gasteiger charge is 2.29. The van der Waals surface area contributed by atoms with Crippen molar-refractivity contribution < 1.29 is 22.0 Å². The van der Waals surface area contributed by atoms with Gasteiger partial charge in [0.05, 0.1) is 15.9 Å². The van der Waals surface area contributed by atoms with E-state index >= 15 is 0 Å². The maximum atomic E-state index is 13.3. The molecular formula is C27H26F2N4O3S. The van der Waals surface area contributed by atoms with Crippen LogP contribution < -0.4 is 10.0 Å². The lowest BCUT2D eigenvalue weighted by atomic mass is 9.86. The molecule has 0 unspecified atom stereocenters. The second-order valence-corrected chi connectivity index (χ2v) is 11.0. The zero-order valence-corrected chi connectivity index (χ0v) is 20.7. The summed E-state index contributed by atoms with van der Waals surface area (Å²) in [6.07, 6.45) is 2.04. The van der Waals surface area contributed by atoms with E-state index in [4.69, 9.17) is 0 Å². The number of carbonyl (C=O) groups is 1. The molecule has 1 heterocycles. The van der Waals surface area contributed by atoms with E-state index in [9.17, 15) is 22.0 Å². The number of hydrogen-bond donors (Lipinski definition) is 3. The lowest BCUT2D eigenvalue weighted by Crippen LogP contribution is -2.40. The smallest absolute Gasteiger partial charge is 0.240 e. The molecule has 0 saturated heterocycles. The summed E-state index contributed by atoms with van der Waals surface area (Å²) in [5, 5.41) is 2.72. The first-order valence-corrected chi connectivity index (χ1v) is 13.6. The number of carbonyl (C=O) groups excluding carboxylic acids is 1. The van der Waals surface area contributed by atoms with Crippen molar-refractivity contribution in [2.24, 2.45) is 5.92 Å². The number of rotatable bonds is 7. The molecule has 0 bridgehead atoms. The summed E-state index contributed by atoms with van der Waals surface area (Å²) in [5.41, 5.74) is 2.55. The average molecular weight is 525 g/mol. The summed E-state index contributed by atoms with van der Waals surface area (Å²) in [6.45, 7) is 0.0295. The molecular weight excluding hydrogens is 498 g/mol. The van der Waals surface area contributed by atoms with Crippen molar-refractivity contribution >= 4 is 27.0 Å². The van der Waals surface area contributed by atoms with Crippen molar-refractivity contribution in [2.75, 3.05) is 0 Å². The number of amides is 1. The average Bonchev–Trinajstić information content (AvgIpc) is 3.31. The number of halogens is 2. The molecule has 192 valence electrons. The number of aromatic nitrogens is 2. The molecule has 0 spiro atoms. The van der Waals surface area contributed by atoms with Crippen LogP contribution in [0.3, 0.4) is 0 Å². The first-order valence-electron chi connectivity index (χ1n) is 12.1. The molecule has 10 heteroatoms. The van der Waals surface area contributed by atoms with Crippen molar-refractivity contribution in [1.29, 1.82) is 0 Å². The molecule has 37 heavy (non-hydrogen) atoms. The number of sulfonamides is 1. The minimum absolute atomic E-state index is 0.0295. The summed E-state index contributed by atoms with van der Waals surface area (Å²) in [7, 11) is -3.77. The molecule has 0 aliphatic heterocycles. The van der Waals surface area contributed by atoms with Gasteiger partial charge in [-0.05, 0) is 61.6 Å². The van der Waals surface area contributed by atoms with Crippen molar-refractivity contribution in [1.82, 2.24) is 20.0 Å². The van der Waals surface area contributed by atoms with Gasteiger partial charge in [-0.1, -0.05) is 30.3 Å². The van der Waals surface area contributed by atoms with Gasteiger partial charge in [0.1, 0.15) is 17.5 Å². The zero-order valence-electron chi connectivity index (χ0n) is 19.9. The van der Waals surface area contributed by atoms with Crippen molar-refractivity contribution in [3.63, 3.8) is 0 Å². The molecule has 3 aromatic carbocycles. The van der Waals surface area contributed by atoms with Gasteiger partial charge in [0.25, 0.3) is 0 Å². The molecule has 1 fully saturated rings. The summed E-state index contributed by atoms with van der Waals surface area (Å²) < 4.78 is 55.6. The van der Waals surface area contributed by atoms with E-state index in [1.54, 1.807) is 18.2 Å². The quantitative estimate of drug-likeness (QED) is 0.327. The Hall–Kier alpha value is -3.63. The Bertz CT molecular complexity index is 1510. The third kappa shape index (κ3) is 5.86. The van der Waals surface area contributed by atoms with Crippen LogP contribution in [0.5, 0.6) is 0 Å². The Morgan fingerprint density at radius 3 is 2.35 bits per heavy atom. The molecule has 1 aromatic heterocycles. The summed E-state index contributed by atoms with van der Waals surface area (Å²) in [4.78, 5) is 20.4. The van der Waals surface area contributed by atoms with Gasteiger partial charge in [-0.25, -0.2) is 26.9 Å². The summed E-state index contributed by atoms with van der Waals surface area (Å²) >= 11 is 0. The predicted molar refractivity (Wildman–Crippen MR) is 136 cm³/mol. The molecule has 0 radical (unpaired) electrons. The van der Waals surface area contributed by atoms with Crippen LogP contribution >= 0.6 is 0 Å². The van der Waals surface area contributed by atoms with E-state index in [0.29, 0.717) is 42.6 Å². The van der Waals surface area contributed by atoms with Gasteiger partial charge in [-0.3, -0.25) is 4.79 Å². The first kappa shape index (κ1) is 25.0. The van der Waals surface area contributed by atoms with Gasteiger partial charge in [0.2, 0.25) is 15.9 Å². The predicted octanol–water partition coefficient (Wildman–Crippen LogP) is 4.66. The van der Waals surface area contributed by atoms with Crippen LogP contribution in [-0.2, 0) is 21.4 Å². The SMILES string of the molecule is O=C(NCc1cc(F)cc(F)c1)C1CCC(NS(=O)(=O)c2ccc3[nH]c(-c4ccccc4)nc3c2)CC1. The van der Waals surface area contributed by atoms with Crippen LogP contribution in [0.15, 0.2) is 71.6 Å². The minimum atomic E-state index is -3.77. The van der Waals surface area contributed by atoms with Crippen LogP contribution in [0.1, 0.15) is 31.2 Å². The fourth-order valence-electron chi connectivity index (χ4n) is 4.69. The highest BCUT2D eigenvalue weighted by Crippen LogP contribution is 2.27. The fraction of sp³-hybridized carbons (Fsp3) is 0.259. The third-order valence-electron chi connectivity index (χ3n) is 6.62. The van der Waals surface area contributed by atoms with Crippen LogP contribution in [0, 0.1) is 17.6 Å². The number of fused-ring (bicyclic) bond motifs is 1. The Kier molecular flexibility index (Phi) is 7.03. The fourth-order valence-corrected chi connectivity index (χ4v) is 6.02. The third-order valence-corrected chi connectivity index (χ3v) is 8.14. The standard InChI is InChI=1S/C27H26F2N4O3S/c28-20-12-17(13-21(29)14-20)16-30-27(34)19-6-8-22(9-7-19)33-37(35,36)23-10-11-24-25(15-23)32-26(31-24)18-4-2-1-3-5-18/h1-5,10-15,19,22,33H,6-9,16H2,(H,30,34)(H,31,32). The zero-order chi connectivity index (χ0) is 26.0. The minimum Gasteiger partial charge on any atom is -0.352 e. The monoisotopic (exact) mass is 524 g/mol. The largest absolute Gasteiger partial charge is 0.352 e. The van der Waals surface area contributed by atoms with Crippen molar-refractivity contribution in [3.05, 3.63) is 83.9 Å². The second-order valence-electron chi connectivity index (χ2n) is 9.30. The van der Waals surface area contributed by atoms with Gasteiger partial charge in [-0.15, -0.1) is 0 Å². The Morgan fingerprint density at radius 2 is 1.65 bits per heavy atom. The lowest BCUT2D eigenvalue weighted by molar-refractivity contribution is -0.126. The second kappa shape index (κ2) is 10.4. The molecule has 1 aliphatic carbocycles. The van der Waals surface area contributed by atoms with Gasteiger partial charge in [0, 0.05) is 30.1 Å². The highest BCUT2D eigenvalue weighted by molar-refractivity contribution is 7.89. The van der Waals surface area contributed by atoms with E-state index in [2.05, 4.69) is 20.0 Å². The molecule has 4 aromatic rings. The Morgan fingerprint density at radius 1 is 0.946 bits per heavy atom. The van der Waals surface area contributed by atoms with Crippen LogP contribution in [0.25, 0.3) is 22.4 Å². The normalized spacial score (nSPS) is 18.1. The van der Waals surface area contributed by atoms with E-state index in [1.807, 2.05) is 30.3 Å². The molecule has 5 rings (SSSR count). The van der Waals surface area contributed by atoms with E-state index < -0.39 is 21.7 Å². The first-order chi connectivity index (χ1) is 17.8. The van der Waals surface area contributed by atoms with E-state index in [0.717, 1.165) is 17.1 Å². The van der Waals surface area contributed by atoms with Gasteiger partial charge < -0.3 is 10.3 Å². The van der Waals surface area contributed by atoms with Gasteiger partial charge in [0.15, 0.2) is 0 Å². The number of H-pyrrole nitrogens is 1. The maximum Gasteiger partial charge on any atom is 0.240 e. The van der Waals surface area contributed by atoms with Crippen molar-refractivity contribution in [2.45, 2.75) is 43.2 Å². The van der Waals surface area contributed by atoms with Crippen LogP contribution in [0.2, 0.25) is 0 Å². The Balaban J connectivity index is 1.18. The van der Waals surface area contributed by atoms with Crippen LogP contribution in [-0.4, -0.2) is 30.3 Å². The number of aromatic amines is 1. The number of nitrogens with zero attached hydrogens (tertiary/aromatic N) is 1. The lowest BCUT2D eigenvalue weighted by Gasteiger charge is -2.28. The maximum absolute atomic E-state index is 13.3. The summed E-state index contributed by atoms with van der Waals surface area (Å²) in [5.74, 6) is -1.21. The summed E-state index contributed by atoms with van der Waals surface area (Å²) in [6, 6.07) is 17.2. The molecule has 0 atom stereocenters. The Labute approximate surface area is 213 Å². The molecule has 3 N–H and O–H groups in total. The van der Waals surface area contributed by atoms with Crippen LogP contribution in [0.4, 0.5) is 8.78 Å². The number of imidazole rings is 1. The molecule has 7 nitrogen and oxygen atoms in total. The number of nitrogens with one attached hydrogen (secondary N) is 3. The number of benzene rings is 3. The van der Waals surface area contributed by atoms with E-state index in [-0.39, 0.29) is 29.3 Å².